The Morgan fingerprint density at radius 3 is 2.81 bits per heavy atom. The predicted octanol–water partition coefficient (Wildman–Crippen LogP) is 1.67. The summed E-state index contributed by atoms with van der Waals surface area (Å²) < 4.78 is 3.56. The van der Waals surface area contributed by atoms with Gasteiger partial charge in [-0.15, -0.1) is 5.10 Å². The Kier molecular flexibility index (Phi) is 5.46. The molecule has 3 aromatic rings. The van der Waals surface area contributed by atoms with Crippen LogP contribution in [0.3, 0.4) is 0 Å². The Bertz CT molecular complexity index is 1130. The lowest BCUT2D eigenvalue weighted by Crippen LogP contribution is -2.40. The van der Waals surface area contributed by atoms with Gasteiger partial charge < -0.3 is 14.4 Å². The molecule has 9 nitrogen and oxygen atoms in total. The van der Waals surface area contributed by atoms with Gasteiger partial charge in [0, 0.05) is 32.0 Å². The number of nitrogens with zero attached hydrogens (tertiary/aromatic N) is 7. The highest BCUT2D eigenvalue weighted by atomic mass is 16.2. The van der Waals surface area contributed by atoms with Crippen LogP contribution in [0, 0.1) is 6.92 Å². The number of benzene rings is 1. The third-order valence-electron chi connectivity index (χ3n) is 6.50. The van der Waals surface area contributed by atoms with Crippen molar-refractivity contribution in [3.8, 4) is 0 Å². The van der Waals surface area contributed by atoms with E-state index in [0.29, 0.717) is 31.9 Å². The van der Waals surface area contributed by atoms with Gasteiger partial charge in [-0.1, -0.05) is 29.5 Å². The summed E-state index contributed by atoms with van der Waals surface area (Å²) in [4.78, 5) is 33.8. The molecule has 0 radical (unpaired) electrons. The molecule has 0 N–H and O–H groups in total. The molecule has 0 spiro atoms. The summed E-state index contributed by atoms with van der Waals surface area (Å²) in [7, 11) is 0. The smallest absolute Gasteiger partial charge is 0.276 e. The summed E-state index contributed by atoms with van der Waals surface area (Å²) in [5.74, 6) is 0.812. The molecular weight excluding hydrogens is 406 g/mol. The Balaban J connectivity index is 1.22. The van der Waals surface area contributed by atoms with Crippen LogP contribution in [-0.4, -0.2) is 65.3 Å². The highest BCUT2D eigenvalue weighted by Gasteiger charge is 2.30. The van der Waals surface area contributed by atoms with E-state index in [2.05, 4.69) is 27.4 Å². The van der Waals surface area contributed by atoms with Crippen LogP contribution in [0.25, 0.3) is 0 Å². The second kappa shape index (κ2) is 8.57. The molecular formula is C23H27N7O2. The number of aromatic nitrogens is 5. The van der Waals surface area contributed by atoms with Crippen LogP contribution in [-0.2, 0) is 30.8 Å². The number of carbonyl (C=O) groups excluding carboxylic acids is 2. The number of imidazole rings is 1. The molecule has 2 amide bonds. The number of rotatable bonds is 5. The molecule has 0 aliphatic carbocycles. The summed E-state index contributed by atoms with van der Waals surface area (Å²) in [6, 6.07) is 8.29. The SMILES string of the molecule is Cc1nccn1CC(=O)N1CCC[C@H]1Cn1cc(C(=O)N2CCc3ccccc3C2)nn1. The summed E-state index contributed by atoms with van der Waals surface area (Å²) in [5, 5.41) is 8.33. The molecule has 2 aliphatic heterocycles. The zero-order valence-corrected chi connectivity index (χ0v) is 18.2. The van der Waals surface area contributed by atoms with E-state index in [1.54, 1.807) is 17.1 Å². The summed E-state index contributed by atoms with van der Waals surface area (Å²) in [6.45, 7) is 4.74. The maximum atomic E-state index is 13.0. The van der Waals surface area contributed by atoms with E-state index in [9.17, 15) is 9.59 Å². The maximum Gasteiger partial charge on any atom is 0.276 e. The predicted molar refractivity (Wildman–Crippen MR) is 117 cm³/mol. The number of amides is 2. The molecule has 1 fully saturated rings. The number of aryl methyl sites for hydroxylation is 1. The van der Waals surface area contributed by atoms with Crippen molar-refractivity contribution in [1.82, 2.24) is 34.3 Å². The van der Waals surface area contributed by atoms with Gasteiger partial charge in [0.05, 0.1) is 18.8 Å². The van der Waals surface area contributed by atoms with Gasteiger partial charge in [0.15, 0.2) is 5.69 Å². The Hall–Kier alpha value is -3.49. The average Bonchev–Trinajstić information content (AvgIpc) is 3.55. The third kappa shape index (κ3) is 4.02. The molecule has 9 heteroatoms. The van der Waals surface area contributed by atoms with Gasteiger partial charge in [-0.2, -0.15) is 0 Å². The number of fused-ring (bicyclic) bond motifs is 1. The van der Waals surface area contributed by atoms with Crippen LogP contribution in [0.15, 0.2) is 42.9 Å². The topological polar surface area (TPSA) is 89.2 Å². The minimum absolute atomic E-state index is 0.0536. The molecule has 166 valence electrons. The summed E-state index contributed by atoms with van der Waals surface area (Å²) in [6.07, 6.45) is 7.98. The van der Waals surface area contributed by atoms with Gasteiger partial charge >= 0.3 is 0 Å². The summed E-state index contributed by atoms with van der Waals surface area (Å²) >= 11 is 0. The zero-order valence-electron chi connectivity index (χ0n) is 18.2. The summed E-state index contributed by atoms with van der Waals surface area (Å²) in [5.41, 5.74) is 2.85. The van der Waals surface area contributed by atoms with Crippen LogP contribution in [0.2, 0.25) is 0 Å². The van der Waals surface area contributed by atoms with Crippen LogP contribution in [0.1, 0.15) is 40.3 Å². The van der Waals surface area contributed by atoms with Gasteiger partial charge in [-0.25, -0.2) is 9.67 Å². The van der Waals surface area contributed by atoms with Gasteiger partial charge in [0.1, 0.15) is 12.4 Å². The van der Waals surface area contributed by atoms with Crippen molar-refractivity contribution in [1.29, 1.82) is 0 Å². The highest BCUT2D eigenvalue weighted by molar-refractivity contribution is 5.92. The fourth-order valence-corrected chi connectivity index (χ4v) is 4.69. The van der Waals surface area contributed by atoms with E-state index in [-0.39, 0.29) is 17.9 Å². The van der Waals surface area contributed by atoms with Crippen molar-refractivity contribution < 1.29 is 9.59 Å². The monoisotopic (exact) mass is 433 g/mol. The third-order valence-corrected chi connectivity index (χ3v) is 6.50. The molecule has 32 heavy (non-hydrogen) atoms. The van der Waals surface area contributed by atoms with Crippen molar-refractivity contribution in [3.05, 3.63) is 65.5 Å². The van der Waals surface area contributed by atoms with Crippen molar-refractivity contribution in [3.63, 3.8) is 0 Å². The first-order chi connectivity index (χ1) is 15.6. The Labute approximate surface area is 186 Å². The van der Waals surface area contributed by atoms with Gasteiger partial charge in [0.25, 0.3) is 5.91 Å². The Morgan fingerprint density at radius 1 is 1.16 bits per heavy atom. The van der Waals surface area contributed by atoms with Gasteiger partial charge in [0.2, 0.25) is 5.91 Å². The lowest BCUT2D eigenvalue weighted by Gasteiger charge is -2.28. The quantitative estimate of drug-likeness (QED) is 0.611. The molecule has 2 aliphatic rings. The van der Waals surface area contributed by atoms with E-state index in [1.807, 2.05) is 39.6 Å². The van der Waals surface area contributed by atoms with E-state index in [1.165, 1.54) is 11.1 Å². The standard InChI is InChI=1S/C23H27N7O2/c1-17-24-9-12-27(17)16-22(31)30-10-4-7-20(30)14-29-15-21(25-26-29)23(32)28-11-8-18-5-2-3-6-19(18)13-28/h2-3,5-6,9,12,15,20H,4,7-8,10-11,13-14,16H2,1H3/t20-/m0/s1. The van der Waals surface area contributed by atoms with E-state index < -0.39 is 0 Å². The molecule has 0 bridgehead atoms. The number of hydrogen-bond acceptors (Lipinski definition) is 5. The lowest BCUT2D eigenvalue weighted by atomic mass is 10.00. The van der Waals surface area contributed by atoms with Crippen molar-refractivity contribution in [2.75, 3.05) is 13.1 Å². The van der Waals surface area contributed by atoms with E-state index >= 15 is 0 Å². The number of carbonyl (C=O) groups is 2. The number of likely N-dealkylation sites (tertiary alicyclic amines) is 1. The zero-order chi connectivity index (χ0) is 22.1. The average molecular weight is 434 g/mol. The van der Waals surface area contributed by atoms with Gasteiger partial charge in [-0.3, -0.25) is 9.59 Å². The number of hydrogen-bond donors (Lipinski definition) is 0. The van der Waals surface area contributed by atoms with Crippen molar-refractivity contribution >= 4 is 11.8 Å². The van der Waals surface area contributed by atoms with Crippen LogP contribution >= 0.6 is 0 Å². The molecule has 1 atom stereocenters. The van der Waals surface area contributed by atoms with Gasteiger partial charge in [-0.05, 0) is 37.3 Å². The minimum atomic E-state index is -0.0966. The van der Waals surface area contributed by atoms with Crippen molar-refractivity contribution in [2.45, 2.75) is 51.9 Å². The fraction of sp³-hybridized carbons (Fsp3) is 0.435. The first-order valence-electron chi connectivity index (χ1n) is 11.1. The minimum Gasteiger partial charge on any atom is -0.336 e. The molecule has 2 aromatic heterocycles. The van der Waals surface area contributed by atoms with Crippen molar-refractivity contribution in [2.24, 2.45) is 0 Å². The van der Waals surface area contributed by atoms with E-state index in [0.717, 1.165) is 31.6 Å². The highest BCUT2D eigenvalue weighted by Crippen LogP contribution is 2.21. The van der Waals surface area contributed by atoms with E-state index in [4.69, 9.17) is 0 Å². The Morgan fingerprint density at radius 2 is 2.00 bits per heavy atom. The molecule has 0 unspecified atom stereocenters. The molecule has 1 saturated heterocycles. The normalized spacial score (nSPS) is 18.1. The first kappa shape index (κ1) is 20.4. The lowest BCUT2D eigenvalue weighted by molar-refractivity contribution is -0.132. The van der Waals surface area contributed by atoms with Crippen LogP contribution < -0.4 is 0 Å². The van der Waals surface area contributed by atoms with Crippen LogP contribution in [0.4, 0.5) is 0 Å². The maximum absolute atomic E-state index is 13.0. The molecule has 4 heterocycles. The second-order valence-corrected chi connectivity index (χ2v) is 8.56. The molecule has 1 aromatic carbocycles. The molecule has 0 saturated carbocycles. The first-order valence-corrected chi connectivity index (χ1v) is 11.1. The second-order valence-electron chi connectivity index (χ2n) is 8.56. The largest absolute Gasteiger partial charge is 0.336 e. The fourth-order valence-electron chi connectivity index (χ4n) is 4.69. The molecule has 5 rings (SSSR count). The van der Waals surface area contributed by atoms with Crippen LogP contribution in [0.5, 0.6) is 0 Å².